The van der Waals surface area contributed by atoms with Gasteiger partial charge in [0.15, 0.2) is 0 Å². The van der Waals surface area contributed by atoms with Crippen LogP contribution in [0.3, 0.4) is 0 Å². The number of rotatable bonds is 6. The maximum atomic E-state index is 13.2. The number of nitrogens with one attached hydrogen (secondary N) is 1. The van der Waals surface area contributed by atoms with Crippen molar-refractivity contribution in [2.24, 2.45) is 0 Å². The van der Waals surface area contributed by atoms with Gasteiger partial charge in [0, 0.05) is 6.42 Å². The van der Waals surface area contributed by atoms with Crippen molar-refractivity contribution in [3.05, 3.63) is 58.7 Å². The lowest BCUT2D eigenvalue weighted by molar-refractivity contribution is -0.144. The molecule has 5 nitrogen and oxygen atoms in total. The third kappa shape index (κ3) is 5.65. The van der Waals surface area contributed by atoms with Crippen LogP contribution in [0, 0.1) is 0 Å². The Labute approximate surface area is 166 Å². The fraction of sp³-hybridized carbons (Fsp3) is 0.263. The molecule has 2 rings (SSSR count). The lowest BCUT2D eigenvalue weighted by Gasteiger charge is -2.17. The molecule has 2 aromatic rings. The summed E-state index contributed by atoms with van der Waals surface area (Å²) in [4.78, 5) is 22.9. The Morgan fingerprint density at radius 3 is 2.20 bits per heavy atom. The van der Waals surface area contributed by atoms with Crippen LogP contribution in [-0.4, -0.2) is 17.0 Å². The van der Waals surface area contributed by atoms with Crippen LogP contribution in [0.1, 0.15) is 40.4 Å². The highest BCUT2D eigenvalue weighted by Crippen LogP contribution is 2.40. The number of hydrogen-bond acceptors (Lipinski definition) is 3. The van der Waals surface area contributed by atoms with E-state index in [1.165, 1.54) is 12.1 Å². The van der Waals surface area contributed by atoms with Crippen LogP contribution in [0.5, 0.6) is 5.75 Å². The Kier molecular flexibility index (Phi) is 6.63. The van der Waals surface area contributed by atoms with E-state index in [1.54, 1.807) is 6.92 Å². The van der Waals surface area contributed by atoms with Gasteiger partial charge < -0.3 is 15.2 Å². The first-order chi connectivity index (χ1) is 13.8. The highest BCUT2D eigenvalue weighted by atomic mass is 19.4. The topological polar surface area (TPSA) is 75.6 Å². The summed E-state index contributed by atoms with van der Waals surface area (Å²) in [5.74, 6) is -2.68. The average molecular weight is 435 g/mol. The second-order valence-corrected chi connectivity index (χ2v) is 6.08. The first-order valence-corrected chi connectivity index (χ1v) is 8.40. The van der Waals surface area contributed by atoms with Gasteiger partial charge in [-0.15, -0.1) is 0 Å². The van der Waals surface area contributed by atoms with E-state index in [1.807, 2.05) is 0 Å². The lowest BCUT2D eigenvalue weighted by atomic mass is 10.1. The number of carboxylic acids is 1. The monoisotopic (exact) mass is 435 g/mol. The molecular formula is C19H15F6NO4. The molecule has 2 N–H and O–H groups in total. The third-order valence-electron chi connectivity index (χ3n) is 3.92. The normalized spacial score (nSPS) is 11.8. The molecule has 0 spiro atoms. The van der Waals surface area contributed by atoms with Crippen molar-refractivity contribution in [1.29, 1.82) is 0 Å². The first-order valence-electron chi connectivity index (χ1n) is 8.40. The van der Waals surface area contributed by atoms with Crippen molar-refractivity contribution in [1.82, 2.24) is 0 Å². The van der Waals surface area contributed by atoms with Gasteiger partial charge in [-0.05, 0) is 35.9 Å². The summed E-state index contributed by atoms with van der Waals surface area (Å²) >= 11 is 0. The molecule has 11 heteroatoms. The van der Waals surface area contributed by atoms with E-state index < -0.39 is 47.7 Å². The zero-order chi connectivity index (χ0) is 22.7. The van der Waals surface area contributed by atoms with Gasteiger partial charge in [-0.25, -0.2) is 4.79 Å². The Morgan fingerprint density at radius 1 is 1.00 bits per heavy atom. The number of benzene rings is 2. The molecule has 2 aromatic carbocycles. The van der Waals surface area contributed by atoms with Gasteiger partial charge in [0.05, 0.1) is 22.4 Å². The molecule has 0 aromatic heterocycles. The summed E-state index contributed by atoms with van der Waals surface area (Å²) in [6.07, 6.45) is -9.97. The first kappa shape index (κ1) is 23.0. The van der Waals surface area contributed by atoms with Crippen molar-refractivity contribution < 1.29 is 45.8 Å². The van der Waals surface area contributed by atoms with E-state index in [4.69, 9.17) is 4.74 Å². The molecule has 0 saturated carbocycles. The molecule has 0 bridgehead atoms. The predicted octanol–water partition coefficient (Wildman–Crippen LogP) is 5.35. The number of ether oxygens (including phenoxy) is 1. The standard InChI is InChI=1S/C19H15F6NO4/c1-2-16(27)26-14-5-3-10(7-12(14)17(28)29)9-30-15-6-4-11(18(20,21)22)8-13(15)19(23,24)25/h3-8H,2,9H2,1H3,(H,26,27)(H,28,29). The minimum absolute atomic E-state index is 0.0105. The van der Waals surface area contributed by atoms with Crippen molar-refractivity contribution in [2.75, 3.05) is 5.32 Å². The molecule has 30 heavy (non-hydrogen) atoms. The van der Waals surface area contributed by atoms with Crippen LogP contribution in [0.25, 0.3) is 0 Å². The number of halogens is 6. The van der Waals surface area contributed by atoms with Gasteiger partial charge in [-0.1, -0.05) is 13.0 Å². The van der Waals surface area contributed by atoms with E-state index in [0.717, 1.165) is 6.07 Å². The van der Waals surface area contributed by atoms with E-state index >= 15 is 0 Å². The molecule has 0 radical (unpaired) electrons. The van der Waals surface area contributed by atoms with E-state index in [0.29, 0.717) is 12.1 Å². The molecule has 0 aliphatic heterocycles. The van der Waals surface area contributed by atoms with Crippen LogP contribution in [0.4, 0.5) is 32.0 Å². The smallest absolute Gasteiger partial charge is 0.419 e. The van der Waals surface area contributed by atoms with Crippen LogP contribution in [-0.2, 0) is 23.8 Å². The minimum atomic E-state index is -5.10. The van der Waals surface area contributed by atoms with Gasteiger partial charge in [-0.2, -0.15) is 26.3 Å². The number of amides is 1. The van der Waals surface area contributed by atoms with Gasteiger partial charge >= 0.3 is 18.3 Å². The quantitative estimate of drug-likeness (QED) is 0.600. The van der Waals surface area contributed by atoms with Gasteiger partial charge in [-0.3, -0.25) is 4.79 Å². The van der Waals surface area contributed by atoms with Crippen LogP contribution < -0.4 is 10.1 Å². The summed E-state index contributed by atoms with van der Waals surface area (Å²) in [5, 5.41) is 11.6. The summed E-state index contributed by atoms with van der Waals surface area (Å²) in [6, 6.07) is 4.60. The molecule has 162 valence electrons. The second-order valence-electron chi connectivity index (χ2n) is 6.08. The Hall–Kier alpha value is -3.24. The van der Waals surface area contributed by atoms with Gasteiger partial charge in [0.1, 0.15) is 12.4 Å². The van der Waals surface area contributed by atoms with E-state index in [-0.39, 0.29) is 29.3 Å². The molecule has 0 heterocycles. The number of aromatic carboxylic acids is 1. The highest BCUT2D eigenvalue weighted by Gasteiger charge is 2.38. The fourth-order valence-corrected chi connectivity index (χ4v) is 2.42. The Morgan fingerprint density at radius 2 is 1.67 bits per heavy atom. The zero-order valence-corrected chi connectivity index (χ0v) is 15.3. The van der Waals surface area contributed by atoms with Crippen molar-refractivity contribution >= 4 is 17.6 Å². The van der Waals surface area contributed by atoms with Gasteiger partial charge in [0.25, 0.3) is 0 Å². The predicted molar refractivity (Wildman–Crippen MR) is 93.1 cm³/mol. The number of carbonyl (C=O) groups is 2. The minimum Gasteiger partial charge on any atom is -0.488 e. The zero-order valence-electron chi connectivity index (χ0n) is 15.3. The SMILES string of the molecule is CCC(=O)Nc1ccc(COc2ccc(C(F)(F)F)cc2C(F)(F)F)cc1C(=O)O. The fourth-order valence-electron chi connectivity index (χ4n) is 2.42. The Bertz CT molecular complexity index is 953. The average Bonchev–Trinajstić information content (AvgIpc) is 2.65. The van der Waals surface area contributed by atoms with E-state index in [9.17, 15) is 41.0 Å². The van der Waals surface area contributed by atoms with Crippen LogP contribution >= 0.6 is 0 Å². The van der Waals surface area contributed by atoms with E-state index in [2.05, 4.69) is 5.32 Å². The molecule has 0 atom stereocenters. The molecule has 1 amide bonds. The third-order valence-corrected chi connectivity index (χ3v) is 3.92. The lowest BCUT2D eigenvalue weighted by Crippen LogP contribution is -2.14. The van der Waals surface area contributed by atoms with Crippen molar-refractivity contribution in [3.63, 3.8) is 0 Å². The molecule has 0 unspecified atom stereocenters. The summed E-state index contributed by atoms with van der Waals surface area (Å²) in [6.45, 7) is 1.01. The number of carbonyl (C=O) groups excluding carboxylic acids is 1. The summed E-state index contributed by atoms with van der Waals surface area (Å²) < 4.78 is 82.6. The maximum absolute atomic E-state index is 13.2. The van der Waals surface area contributed by atoms with Crippen LogP contribution in [0.2, 0.25) is 0 Å². The Balaban J connectivity index is 2.31. The number of anilines is 1. The van der Waals surface area contributed by atoms with Crippen LogP contribution in [0.15, 0.2) is 36.4 Å². The largest absolute Gasteiger partial charge is 0.488 e. The number of hydrogen-bond donors (Lipinski definition) is 2. The molecular weight excluding hydrogens is 420 g/mol. The molecule has 0 fully saturated rings. The highest BCUT2D eigenvalue weighted by molar-refractivity contribution is 6.00. The summed E-state index contributed by atoms with van der Waals surface area (Å²) in [7, 11) is 0. The van der Waals surface area contributed by atoms with Gasteiger partial charge in [0.2, 0.25) is 5.91 Å². The maximum Gasteiger partial charge on any atom is 0.419 e. The second kappa shape index (κ2) is 8.64. The molecule has 0 saturated heterocycles. The molecule has 0 aliphatic carbocycles. The molecule has 0 aliphatic rings. The number of carboxylic acid groups (broad SMARTS) is 1. The van der Waals surface area contributed by atoms with Crippen molar-refractivity contribution in [3.8, 4) is 5.75 Å². The number of alkyl halides is 6. The van der Waals surface area contributed by atoms with Crippen molar-refractivity contribution in [2.45, 2.75) is 32.3 Å². The summed E-state index contributed by atoms with van der Waals surface area (Å²) in [5.41, 5.74) is -3.28.